The molecule has 8 nitrogen and oxygen atoms in total. The van der Waals surface area contributed by atoms with Gasteiger partial charge in [0.2, 0.25) is 5.91 Å². The molecule has 21 heavy (non-hydrogen) atoms. The van der Waals surface area contributed by atoms with Crippen LogP contribution in [0.5, 0.6) is 0 Å². The summed E-state index contributed by atoms with van der Waals surface area (Å²) in [6.45, 7) is 1.83. The molecule has 2 heterocycles. The van der Waals surface area contributed by atoms with Gasteiger partial charge >= 0.3 is 5.97 Å². The van der Waals surface area contributed by atoms with E-state index in [0.717, 1.165) is 0 Å². The molecule has 112 valence electrons. The third-order valence-corrected chi connectivity index (χ3v) is 2.83. The third-order valence-electron chi connectivity index (χ3n) is 2.83. The van der Waals surface area contributed by atoms with Gasteiger partial charge in [-0.05, 0) is 19.1 Å². The van der Waals surface area contributed by atoms with Crippen LogP contribution in [-0.2, 0) is 22.6 Å². The first-order chi connectivity index (χ1) is 10.0. The fraction of sp³-hybridized carbons (Fsp3) is 0.385. The van der Waals surface area contributed by atoms with Crippen LogP contribution in [0, 0.1) is 0 Å². The molecule has 1 unspecified atom stereocenters. The standard InChI is InChI=1S/C13H16N4O4/c1-9(11-3-2-6-21-11)14-12(18)8-17-7-10(15-16-17)4-5-13(19)20/h2-3,6-7,9H,4-5,8H2,1H3,(H,14,18)(H,19,20). The maximum Gasteiger partial charge on any atom is 0.303 e. The molecule has 8 heteroatoms. The first-order valence-electron chi connectivity index (χ1n) is 6.48. The van der Waals surface area contributed by atoms with E-state index in [1.54, 1.807) is 24.6 Å². The second kappa shape index (κ2) is 6.69. The van der Waals surface area contributed by atoms with Gasteiger partial charge in [-0.15, -0.1) is 5.10 Å². The number of nitrogens with zero attached hydrogens (tertiary/aromatic N) is 3. The van der Waals surface area contributed by atoms with E-state index in [4.69, 9.17) is 9.52 Å². The van der Waals surface area contributed by atoms with E-state index in [1.165, 1.54) is 4.68 Å². The van der Waals surface area contributed by atoms with Crippen molar-refractivity contribution in [1.82, 2.24) is 20.3 Å². The molecule has 1 amide bonds. The van der Waals surface area contributed by atoms with Crippen molar-refractivity contribution >= 4 is 11.9 Å². The minimum Gasteiger partial charge on any atom is -0.481 e. The highest BCUT2D eigenvalue weighted by Crippen LogP contribution is 2.11. The van der Waals surface area contributed by atoms with Crippen molar-refractivity contribution in [2.75, 3.05) is 0 Å². The molecule has 0 saturated carbocycles. The molecule has 1 atom stereocenters. The summed E-state index contributed by atoms with van der Waals surface area (Å²) in [5.74, 6) is -0.452. The van der Waals surface area contributed by atoms with Gasteiger partial charge in [0.15, 0.2) is 0 Å². The summed E-state index contributed by atoms with van der Waals surface area (Å²) in [4.78, 5) is 22.3. The predicted molar refractivity (Wildman–Crippen MR) is 71.2 cm³/mol. The van der Waals surface area contributed by atoms with Crippen molar-refractivity contribution in [2.24, 2.45) is 0 Å². The minimum atomic E-state index is -0.894. The molecule has 0 aliphatic heterocycles. The first-order valence-corrected chi connectivity index (χ1v) is 6.48. The van der Waals surface area contributed by atoms with Gasteiger partial charge in [0.05, 0.1) is 24.4 Å². The number of nitrogens with one attached hydrogen (secondary N) is 1. The van der Waals surface area contributed by atoms with Crippen LogP contribution in [0.15, 0.2) is 29.0 Å². The average Bonchev–Trinajstić information content (AvgIpc) is 3.07. The highest BCUT2D eigenvalue weighted by molar-refractivity contribution is 5.76. The van der Waals surface area contributed by atoms with Gasteiger partial charge in [0.25, 0.3) is 0 Å². The molecule has 0 fully saturated rings. The van der Waals surface area contributed by atoms with E-state index >= 15 is 0 Å². The van der Waals surface area contributed by atoms with Crippen LogP contribution in [0.25, 0.3) is 0 Å². The fourth-order valence-electron chi connectivity index (χ4n) is 1.81. The van der Waals surface area contributed by atoms with Gasteiger partial charge in [-0.3, -0.25) is 9.59 Å². The van der Waals surface area contributed by atoms with Crippen LogP contribution < -0.4 is 5.32 Å². The smallest absolute Gasteiger partial charge is 0.303 e. The SMILES string of the molecule is CC(NC(=O)Cn1cc(CCC(=O)O)nn1)c1ccco1. The lowest BCUT2D eigenvalue weighted by atomic mass is 10.2. The van der Waals surface area contributed by atoms with E-state index in [2.05, 4.69) is 15.6 Å². The number of aromatic nitrogens is 3. The Bertz CT molecular complexity index is 605. The number of amides is 1. The van der Waals surface area contributed by atoms with Crippen molar-refractivity contribution < 1.29 is 19.1 Å². The van der Waals surface area contributed by atoms with Crippen molar-refractivity contribution in [3.05, 3.63) is 36.0 Å². The molecular formula is C13H16N4O4. The lowest BCUT2D eigenvalue weighted by Crippen LogP contribution is -2.30. The van der Waals surface area contributed by atoms with Gasteiger partial charge in [-0.2, -0.15) is 0 Å². The molecule has 0 bridgehead atoms. The van der Waals surface area contributed by atoms with Crippen LogP contribution in [-0.4, -0.2) is 32.0 Å². The van der Waals surface area contributed by atoms with Crippen LogP contribution in [0.1, 0.15) is 30.8 Å². The lowest BCUT2D eigenvalue weighted by Gasteiger charge is -2.10. The third kappa shape index (κ3) is 4.44. The molecule has 0 aromatic carbocycles. The second-order valence-electron chi connectivity index (χ2n) is 4.61. The Hall–Kier alpha value is -2.64. The van der Waals surface area contributed by atoms with Crippen LogP contribution in [0.4, 0.5) is 0 Å². The summed E-state index contributed by atoms with van der Waals surface area (Å²) in [5, 5.41) is 19.0. The summed E-state index contributed by atoms with van der Waals surface area (Å²) in [6, 6.07) is 3.30. The van der Waals surface area contributed by atoms with Crippen LogP contribution in [0.3, 0.4) is 0 Å². The summed E-state index contributed by atoms with van der Waals surface area (Å²) in [7, 11) is 0. The maximum atomic E-state index is 11.9. The Kier molecular flexibility index (Phi) is 4.70. The number of hydrogen-bond donors (Lipinski definition) is 2. The molecule has 0 aliphatic rings. The van der Waals surface area contributed by atoms with E-state index in [9.17, 15) is 9.59 Å². The Morgan fingerprint density at radius 2 is 2.33 bits per heavy atom. The zero-order valence-electron chi connectivity index (χ0n) is 11.5. The van der Waals surface area contributed by atoms with Gasteiger partial charge < -0.3 is 14.8 Å². The fourth-order valence-corrected chi connectivity index (χ4v) is 1.81. The Balaban J connectivity index is 1.84. The Labute approximate surface area is 120 Å². The number of rotatable bonds is 7. The highest BCUT2D eigenvalue weighted by Gasteiger charge is 2.13. The maximum absolute atomic E-state index is 11.9. The van der Waals surface area contributed by atoms with Gasteiger partial charge in [0.1, 0.15) is 12.3 Å². The molecule has 0 spiro atoms. The van der Waals surface area contributed by atoms with Crippen LogP contribution >= 0.6 is 0 Å². The summed E-state index contributed by atoms with van der Waals surface area (Å²) >= 11 is 0. The van der Waals surface area contributed by atoms with Gasteiger partial charge in [-0.1, -0.05) is 5.21 Å². The van der Waals surface area contributed by atoms with Crippen molar-refractivity contribution in [1.29, 1.82) is 0 Å². The van der Waals surface area contributed by atoms with E-state index in [0.29, 0.717) is 17.9 Å². The van der Waals surface area contributed by atoms with Gasteiger partial charge in [-0.25, -0.2) is 4.68 Å². The predicted octanol–water partition coefficient (Wildman–Crippen LogP) is 0.766. The van der Waals surface area contributed by atoms with E-state index < -0.39 is 5.97 Å². The molecular weight excluding hydrogens is 276 g/mol. The lowest BCUT2D eigenvalue weighted by molar-refractivity contribution is -0.137. The zero-order chi connectivity index (χ0) is 15.2. The number of aliphatic carboxylic acids is 1. The van der Waals surface area contributed by atoms with Crippen molar-refractivity contribution in [3.63, 3.8) is 0 Å². The highest BCUT2D eigenvalue weighted by atomic mass is 16.4. The molecule has 2 rings (SSSR count). The molecule has 0 radical (unpaired) electrons. The van der Waals surface area contributed by atoms with Crippen molar-refractivity contribution in [3.8, 4) is 0 Å². The minimum absolute atomic E-state index is 0.0135. The quantitative estimate of drug-likeness (QED) is 0.779. The monoisotopic (exact) mass is 292 g/mol. The Morgan fingerprint density at radius 3 is 3.00 bits per heavy atom. The normalized spacial score (nSPS) is 12.0. The van der Waals surface area contributed by atoms with Crippen LogP contribution in [0.2, 0.25) is 0 Å². The summed E-state index contributed by atoms with van der Waals surface area (Å²) < 4.78 is 6.58. The largest absolute Gasteiger partial charge is 0.481 e. The first kappa shape index (κ1) is 14.8. The number of carboxylic acids is 1. The number of carbonyl (C=O) groups is 2. The topological polar surface area (TPSA) is 110 Å². The molecule has 2 N–H and O–H groups in total. The number of hydrogen-bond acceptors (Lipinski definition) is 5. The molecule has 2 aromatic rings. The number of furan rings is 1. The average molecular weight is 292 g/mol. The van der Waals surface area contributed by atoms with Gasteiger partial charge in [0, 0.05) is 12.6 Å². The summed E-state index contributed by atoms with van der Waals surface area (Å²) in [6.07, 6.45) is 3.39. The zero-order valence-corrected chi connectivity index (χ0v) is 11.5. The molecule has 0 aliphatic carbocycles. The second-order valence-corrected chi connectivity index (χ2v) is 4.61. The van der Waals surface area contributed by atoms with Crippen molar-refractivity contribution in [2.45, 2.75) is 32.4 Å². The number of carbonyl (C=O) groups excluding carboxylic acids is 1. The number of aryl methyl sites for hydroxylation is 1. The molecule has 2 aromatic heterocycles. The Morgan fingerprint density at radius 1 is 1.52 bits per heavy atom. The molecule has 0 saturated heterocycles. The summed E-state index contributed by atoms with van der Waals surface area (Å²) in [5.41, 5.74) is 0.546. The van der Waals surface area contributed by atoms with E-state index in [1.807, 2.05) is 6.92 Å². The number of carboxylic acid groups (broad SMARTS) is 1. The van der Waals surface area contributed by atoms with E-state index in [-0.39, 0.29) is 24.9 Å².